The van der Waals surface area contributed by atoms with Crippen LogP contribution in [0.25, 0.3) is 16.6 Å². The lowest BCUT2D eigenvalue weighted by atomic mass is 10.1. The van der Waals surface area contributed by atoms with Crippen molar-refractivity contribution < 1.29 is 9.13 Å². The zero-order valence-electron chi connectivity index (χ0n) is 16.3. The minimum absolute atomic E-state index is 0.276. The third-order valence-electron chi connectivity index (χ3n) is 5.18. The number of H-pyrrole nitrogens is 1. The van der Waals surface area contributed by atoms with E-state index in [1.165, 1.54) is 6.07 Å². The number of benzene rings is 1. The maximum absolute atomic E-state index is 14.4. The molecule has 4 heterocycles. The molecule has 4 aromatic rings. The monoisotopic (exact) mass is 395 g/mol. The van der Waals surface area contributed by atoms with E-state index in [4.69, 9.17) is 4.74 Å². The van der Waals surface area contributed by atoms with E-state index in [9.17, 15) is 4.39 Å². The summed E-state index contributed by atoms with van der Waals surface area (Å²) in [6, 6.07) is 5.50. The largest absolute Gasteiger partial charge is 0.435 e. The molecular formula is C20H22FN7O. The number of fused-ring (bicyclic) bond motifs is 2. The number of piperazine rings is 1. The average molecular weight is 395 g/mol. The summed E-state index contributed by atoms with van der Waals surface area (Å²) in [6.07, 6.45) is 3.46. The molecule has 150 valence electrons. The van der Waals surface area contributed by atoms with Gasteiger partial charge < -0.3 is 24.7 Å². The molecule has 3 aromatic heterocycles. The molecule has 0 spiro atoms. The van der Waals surface area contributed by atoms with Gasteiger partial charge in [-0.05, 0) is 19.1 Å². The van der Waals surface area contributed by atoms with Crippen molar-refractivity contribution >= 4 is 27.9 Å². The second-order valence-corrected chi connectivity index (χ2v) is 7.17. The predicted molar refractivity (Wildman–Crippen MR) is 111 cm³/mol. The first-order valence-electron chi connectivity index (χ1n) is 9.60. The summed E-state index contributed by atoms with van der Waals surface area (Å²) < 4.78 is 22.0. The second kappa shape index (κ2) is 6.93. The molecule has 1 saturated heterocycles. The Morgan fingerprint density at radius 3 is 2.79 bits per heavy atom. The molecule has 1 fully saturated rings. The average Bonchev–Trinajstić information content (AvgIpc) is 3.31. The van der Waals surface area contributed by atoms with Crippen LogP contribution >= 0.6 is 0 Å². The second-order valence-electron chi connectivity index (χ2n) is 7.17. The molecule has 1 aromatic carbocycles. The molecule has 0 saturated carbocycles. The molecule has 0 amide bonds. The Bertz CT molecular complexity index is 1190. The number of aryl methyl sites for hydroxylation is 1. The number of rotatable bonds is 4. The first-order chi connectivity index (χ1) is 14.1. The molecule has 8 nitrogen and oxygen atoms in total. The van der Waals surface area contributed by atoms with Crippen molar-refractivity contribution in [2.24, 2.45) is 0 Å². The van der Waals surface area contributed by atoms with Crippen LogP contribution in [0, 0.1) is 12.7 Å². The molecule has 1 aliphatic heterocycles. The summed E-state index contributed by atoms with van der Waals surface area (Å²) >= 11 is 0. The van der Waals surface area contributed by atoms with Crippen LogP contribution in [-0.4, -0.2) is 52.8 Å². The minimum atomic E-state index is -0.440. The van der Waals surface area contributed by atoms with Crippen LogP contribution in [0.4, 0.5) is 15.8 Å². The molecule has 3 N–H and O–H groups in total. The SMILES string of the molecule is CNc1cc(N2CCNCC2)cc2[nH]nc(Oc3cc(F)c4nc(C)cn4c3)c12. The zero-order valence-corrected chi connectivity index (χ0v) is 16.3. The van der Waals surface area contributed by atoms with E-state index in [1.54, 1.807) is 16.8 Å². The van der Waals surface area contributed by atoms with Crippen LogP contribution in [0.5, 0.6) is 11.6 Å². The van der Waals surface area contributed by atoms with E-state index < -0.39 is 5.82 Å². The topological polar surface area (TPSA) is 82.5 Å². The highest BCUT2D eigenvalue weighted by Gasteiger charge is 2.18. The minimum Gasteiger partial charge on any atom is -0.435 e. The molecular weight excluding hydrogens is 373 g/mol. The van der Waals surface area contributed by atoms with Crippen LogP contribution in [-0.2, 0) is 0 Å². The molecule has 5 rings (SSSR count). The van der Waals surface area contributed by atoms with Gasteiger partial charge in [0.15, 0.2) is 11.5 Å². The number of imidazole rings is 1. The maximum Gasteiger partial charge on any atom is 0.248 e. The third-order valence-corrected chi connectivity index (χ3v) is 5.18. The Hall–Kier alpha value is -3.33. The van der Waals surface area contributed by atoms with Crippen LogP contribution in [0.2, 0.25) is 0 Å². The Balaban J connectivity index is 1.53. The molecule has 29 heavy (non-hydrogen) atoms. The Kier molecular flexibility index (Phi) is 4.24. The molecule has 0 unspecified atom stereocenters. The quantitative estimate of drug-likeness (QED) is 0.493. The number of nitrogens with zero attached hydrogens (tertiary/aromatic N) is 4. The van der Waals surface area contributed by atoms with Gasteiger partial charge >= 0.3 is 0 Å². The number of ether oxygens (including phenoxy) is 1. The van der Waals surface area contributed by atoms with E-state index in [-0.39, 0.29) is 5.65 Å². The van der Waals surface area contributed by atoms with Crippen LogP contribution < -0.4 is 20.3 Å². The van der Waals surface area contributed by atoms with E-state index >= 15 is 0 Å². The number of anilines is 2. The maximum atomic E-state index is 14.4. The van der Waals surface area contributed by atoms with Gasteiger partial charge in [0, 0.05) is 51.2 Å². The van der Waals surface area contributed by atoms with Gasteiger partial charge in [-0.2, -0.15) is 0 Å². The van der Waals surface area contributed by atoms with Crippen LogP contribution in [0.1, 0.15) is 5.69 Å². The molecule has 0 atom stereocenters. The van der Waals surface area contributed by atoms with Gasteiger partial charge in [-0.1, -0.05) is 0 Å². The smallest absolute Gasteiger partial charge is 0.248 e. The fraction of sp³-hybridized carbons (Fsp3) is 0.300. The zero-order chi connectivity index (χ0) is 20.0. The molecule has 1 aliphatic rings. The first kappa shape index (κ1) is 17.7. The third kappa shape index (κ3) is 3.13. The molecule has 9 heteroatoms. The fourth-order valence-electron chi connectivity index (χ4n) is 3.81. The highest BCUT2D eigenvalue weighted by Crippen LogP contribution is 2.37. The van der Waals surface area contributed by atoms with Crippen molar-refractivity contribution in [3.05, 3.63) is 42.1 Å². The van der Waals surface area contributed by atoms with Crippen LogP contribution in [0.15, 0.2) is 30.6 Å². The van der Waals surface area contributed by atoms with Gasteiger partial charge in [-0.15, -0.1) is 5.10 Å². The summed E-state index contributed by atoms with van der Waals surface area (Å²) in [4.78, 5) is 6.51. The lowest BCUT2D eigenvalue weighted by Gasteiger charge is -2.29. The van der Waals surface area contributed by atoms with Crippen molar-refractivity contribution in [3.63, 3.8) is 0 Å². The Morgan fingerprint density at radius 2 is 2.00 bits per heavy atom. The normalized spacial score (nSPS) is 14.7. The summed E-state index contributed by atoms with van der Waals surface area (Å²) in [5.74, 6) is 0.311. The number of aromatic nitrogens is 4. The van der Waals surface area contributed by atoms with E-state index in [0.29, 0.717) is 11.6 Å². The van der Waals surface area contributed by atoms with Crippen molar-refractivity contribution in [3.8, 4) is 11.6 Å². The highest BCUT2D eigenvalue weighted by atomic mass is 19.1. The standard InChI is InChI=1S/C20H22FN7O/c1-12-10-28-11-14(9-15(21)19(28)24-12)29-20-18-16(22-2)7-13(8-17(18)25-26-20)27-5-3-23-4-6-27/h7-11,22-23H,3-6H2,1-2H3,(H,25,26). The van der Waals surface area contributed by atoms with Gasteiger partial charge in [0.05, 0.1) is 28.5 Å². The number of pyridine rings is 1. The summed E-state index contributed by atoms with van der Waals surface area (Å²) in [7, 11) is 1.87. The first-order valence-corrected chi connectivity index (χ1v) is 9.60. The summed E-state index contributed by atoms with van der Waals surface area (Å²) in [5, 5.41) is 14.8. The van der Waals surface area contributed by atoms with Crippen molar-refractivity contribution in [1.29, 1.82) is 0 Å². The van der Waals surface area contributed by atoms with Crippen LogP contribution in [0.3, 0.4) is 0 Å². The van der Waals surface area contributed by atoms with Gasteiger partial charge in [-0.3, -0.25) is 5.10 Å². The highest BCUT2D eigenvalue weighted by molar-refractivity contribution is 5.98. The fourth-order valence-corrected chi connectivity index (χ4v) is 3.81. The summed E-state index contributed by atoms with van der Waals surface area (Å²) in [6.45, 7) is 5.66. The van der Waals surface area contributed by atoms with Crippen molar-refractivity contribution in [2.75, 3.05) is 43.4 Å². The van der Waals surface area contributed by atoms with Gasteiger partial charge in [0.25, 0.3) is 0 Å². The van der Waals surface area contributed by atoms with E-state index in [0.717, 1.165) is 54.2 Å². The number of nitrogens with one attached hydrogen (secondary N) is 3. The molecule has 0 radical (unpaired) electrons. The van der Waals surface area contributed by atoms with Crippen molar-refractivity contribution in [1.82, 2.24) is 24.9 Å². The Morgan fingerprint density at radius 1 is 1.17 bits per heavy atom. The number of halogens is 1. The van der Waals surface area contributed by atoms with Crippen molar-refractivity contribution in [2.45, 2.75) is 6.92 Å². The number of hydrogen-bond acceptors (Lipinski definition) is 6. The van der Waals surface area contributed by atoms with E-state index in [2.05, 4.69) is 42.8 Å². The lowest BCUT2D eigenvalue weighted by Crippen LogP contribution is -2.43. The predicted octanol–water partition coefficient (Wildman–Crippen LogP) is 2.90. The van der Waals surface area contributed by atoms with Gasteiger partial charge in [-0.25, -0.2) is 9.37 Å². The molecule has 0 aliphatic carbocycles. The lowest BCUT2D eigenvalue weighted by molar-refractivity contribution is 0.458. The Labute approximate surface area is 166 Å². The molecule has 0 bridgehead atoms. The number of aromatic amines is 1. The summed E-state index contributed by atoms with van der Waals surface area (Å²) in [5.41, 5.74) is 3.91. The van der Waals surface area contributed by atoms with Gasteiger partial charge in [0.2, 0.25) is 5.88 Å². The van der Waals surface area contributed by atoms with E-state index in [1.807, 2.05) is 14.0 Å². The number of hydrogen-bond donors (Lipinski definition) is 3. The van der Waals surface area contributed by atoms with Gasteiger partial charge in [0.1, 0.15) is 5.75 Å².